The lowest BCUT2D eigenvalue weighted by Crippen LogP contribution is -2.17. The first kappa shape index (κ1) is 12.7. The predicted octanol–water partition coefficient (Wildman–Crippen LogP) is 0.813. The summed E-state index contributed by atoms with van der Waals surface area (Å²) in [6.45, 7) is 3.84. The average Bonchev–Trinajstić information content (AvgIpc) is 2.65. The van der Waals surface area contributed by atoms with Gasteiger partial charge in [0.1, 0.15) is 17.1 Å². The average molecular weight is 226 g/mol. The van der Waals surface area contributed by atoms with Crippen LogP contribution in [0, 0.1) is 6.92 Å². The van der Waals surface area contributed by atoms with E-state index in [9.17, 15) is 4.79 Å². The molecule has 0 atom stereocenters. The SMILES string of the molecule is COC(=O)c1cc(CNCCCN)oc1C. The van der Waals surface area contributed by atoms with Crippen LogP contribution in [0.2, 0.25) is 0 Å². The first-order chi connectivity index (χ1) is 7.69. The largest absolute Gasteiger partial charge is 0.465 e. The van der Waals surface area contributed by atoms with Gasteiger partial charge in [-0.1, -0.05) is 0 Å². The Balaban J connectivity index is 2.52. The van der Waals surface area contributed by atoms with Gasteiger partial charge in [-0.25, -0.2) is 4.79 Å². The molecule has 0 aliphatic carbocycles. The van der Waals surface area contributed by atoms with E-state index in [-0.39, 0.29) is 5.97 Å². The van der Waals surface area contributed by atoms with Crippen molar-refractivity contribution in [1.29, 1.82) is 0 Å². The topological polar surface area (TPSA) is 77.5 Å². The molecule has 0 unspecified atom stereocenters. The zero-order chi connectivity index (χ0) is 12.0. The van der Waals surface area contributed by atoms with Gasteiger partial charge in [-0.3, -0.25) is 0 Å². The number of esters is 1. The highest BCUT2D eigenvalue weighted by Crippen LogP contribution is 2.15. The van der Waals surface area contributed by atoms with Gasteiger partial charge >= 0.3 is 5.97 Å². The van der Waals surface area contributed by atoms with Gasteiger partial charge in [0.2, 0.25) is 0 Å². The fourth-order valence-corrected chi connectivity index (χ4v) is 1.38. The lowest BCUT2D eigenvalue weighted by molar-refractivity contribution is 0.0599. The maximum absolute atomic E-state index is 11.3. The minimum absolute atomic E-state index is 0.366. The van der Waals surface area contributed by atoms with E-state index in [4.69, 9.17) is 10.2 Å². The van der Waals surface area contributed by atoms with Gasteiger partial charge in [0.05, 0.1) is 13.7 Å². The van der Waals surface area contributed by atoms with Gasteiger partial charge in [-0.15, -0.1) is 0 Å². The third-order valence-corrected chi connectivity index (χ3v) is 2.23. The van der Waals surface area contributed by atoms with Crippen LogP contribution in [0.5, 0.6) is 0 Å². The summed E-state index contributed by atoms with van der Waals surface area (Å²) in [6, 6.07) is 1.70. The quantitative estimate of drug-likeness (QED) is 0.554. The van der Waals surface area contributed by atoms with Crippen LogP contribution in [0.1, 0.15) is 28.3 Å². The van der Waals surface area contributed by atoms with Crippen molar-refractivity contribution in [3.05, 3.63) is 23.2 Å². The lowest BCUT2D eigenvalue weighted by atomic mass is 10.2. The van der Waals surface area contributed by atoms with Crippen LogP contribution < -0.4 is 11.1 Å². The molecule has 1 aromatic rings. The Labute approximate surface area is 94.9 Å². The Kier molecular flexibility index (Phi) is 5.01. The highest BCUT2D eigenvalue weighted by atomic mass is 16.5. The van der Waals surface area contributed by atoms with Gasteiger partial charge < -0.3 is 20.2 Å². The number of hydrogen-bond acceptors (Lipinski definition) is 5. The smallest absolute Gasteiger partial charge is 0.341 e. The van der Waals surface area contributed by atoms with E-state index in [0.717, 1.165) is 18.7 Å². The normalized spacial score (nSPS) is 10.4. The Morgan fingerprint density at radius 1 is 1.62 bits per heavy atom. The number of furan rings is 1. The van der Waals surface area contributed by atoms with E-state index in [1.54, 1.807) is 13.0 Å². The number of methoxy groups -OCH3 is 1. The van der Waals surface area contributed by atoms with Gasteiger partial charge in [0, 0.05) is 0 Å². The van der Waals surface area contributed by atoms with Gasteiger partial charge in [-0.2, -0.15) is 0 Å². The molecule has 0 saturated carbocycles. The lowest BCUT2D eigenvalue weighted by Gasteiger charge is -1.99. The highest BCUT2D eigenvalue weighted by molar-refractivity contribution is 5.90. The monoisotopic (exact) mass is 226 g/mol. The molecular weight excluding hydrogens is 208 g/mol. The molecule has 3 N–H and O–H groups in total. The zero-order valence-corrected chi connectivity index (χ0v) is 9.71. The third-order valence-electron chi connectivity index (χ3n) is 2.23. The summed E-state index contributed by atoms with van der Waals surface area (Å²) in [6.07, 6.45) is 0.920. The van der Waals surface area contributed by atoms with Crippen LogP contribution in [-0.2, 0) is 11.3 Å². The molecule has 0 aliphatic rings. The van der Waals surface area contributed by atoms with Crippen LogP contribution in [0.3, 0.4) is 0 Å². The van der Waals surface area contributed by atoms with E-state index in [2.05, 4.69) is 10.1 Å². The molecule has 1 aromatic heterocycles. The predicted molar refractivity (Wildman–Crippen MR) is 60.2 cm³/mol. The third kappa shape index (κ3) is 3.36. The summed E-state index contributed by atoms with van der Waals surface area (Å²) in [5, 5.41) is 3.17. The van der Waals surface area contributed by atoms with E-state index in [0.29, 0.717) is 24.4 Å². The van der Waals surface area contributed by atoms with Crippen LogP contribution in [0.25, 0.3) is 0 Å². The number of hydrogen-bond donors (Lipinski definition) is 2. The Morgan fingerprint density at radius 3 is 3.00 bits per heavy atom. The van der Waals surface area contributed by atoms with E-state index in [1.165, 1.54) is 7.11 Å². The number of rotatable bonds is 6. The first-order valence-electron chi connectivity index (χ1n) is 5.27. The fourth-order valence-electron chi connectivity index (χ4n) is 1.38. The Morgan fingerprint density at radius 2 is 2.38 bits per heavy atom. The fraction of sp³-hybridized carbons (Fsp3) is 0.545. The van der Waals surface area contributed by atoms with Gasteiger partial charge in [-0.05, 0) is 32.5 Å². The molecule has 1 heterocycles. The number of carbonyl (C=O) groups excluding carboxylic acids is 1. The number of aryl methyl sites for hydroxylation is 1. The molecular formula is C11H18N2O3. The second-order valence-electron chi connectivity index (χ2n) is 3.49. The molecule has 5 heteroatoms. The summed E-state index contributed by atoms with van der Waals surface area (Å²) >= 11 is 0. The van der Waals surface area contributed by atoms with E-state index >= 15 is 0 Å². The second-order valence-corrected chi connectivity index (χ2v) is 3.49. The standard InChI is InChI=1S/C11H18N2O3/c1-8-10(11(14)15-2)6-9(16-8)7-13-5-3-4-12/h6,13H,3-5,7,12H2,1-2H3. The molecule has 0 aliphatic heterocycles. The van der Waals surface area contributed by atoms with Crippen LogP contribution in [0.4, 0.5) is 0 Å². The molecule has 0 radical (unpaired) electrons. The summed E-state index contributed by atoms with van der Waals surface area (Å²) in [5.41, 5.74) is 5.85. The molecule has 0 spiro atoms. The molecule has 90 valence electrons. The maximum atomic E-state index is 11.3. The first-order valence-corrected chi connectivity index (χ1v) is 5.27. The molecule has 0 aromatic carbocycles. The second kappa shape index (κ2) is 6.30. The molecule has 5 nitrogen and oxygen atoms in total. The van der Waals surface area contributed by atoms with Gasteiger partial charge in [0.25, 0.3) is 0 Å². The minimum atomic E-state index is -0.366. The van der Waals surface area contributed by atoms with Crippen molar-refractivity contribution in [2.45, 2.75) is 19.9 Å². The van der Waals surface area contributed by atoms with E-state index in [1.807, 2.05) is 0 Å². The molecule has 16 heavy (non-hydrogen) atoms. The number of nitrogens with one attached hydrogen (secondary N) is 1. The van der Waals surface area contributed by atoms with Crippen molar-refractivity contribution in [2.24, 2.45) is 5.73 Å². The minimum Gasteiger partial charge on any atom is -0.465 e. The Hall–Kier alpha value is -1.33. The Bertz CT molecular complexity index is 347. The highest BCUT2D eigenvalue weighted by Gasteiger charge is 2.14. The summed E-state index contributed by atoms with van der Waals surface area (Å²) in [7, 11) is 1.36. The number of carbonyl (C=O) groups is 1. The van der Waals surface area contributed by atoms with Crippen LogP contribution >= 0.6 is 0 Å². The van der Waals surface area contributed by atoms with Crippen molar-refractivity contribution in [1.82, 2.24) is 5.32 Å². The summed E-state index contributed by atoms with van der Waals surface area (Å²) in [5.74, 6) is 0.951. The van der Waals surface area contributed by atoms with Gasteiger partial charge in [0.15, 0.2) is 0 Å². The summed E-state index contributed by atoms with van der Waals surface area (Å²) < 4.78 is 10.1. The molecule has 0 saturated heterocycles. The molecule has 0 fully saturated rings. The van der Waals surface area contributed by atoms with Crippen LogP contribution in [-0.4, -0.2) is 26.2 Å². The van der Waals surface area contributed by atoms with E-state index < -0.39 is 0 Å². The van der Waals surface area contributed by atoms with Crippen molar-refractivity contribution in [3.63, 3.8) is 0 Å². The van der Waals surface area contributed by atoms with Crippen molar-refractivity contribution >= 4 is 5.97 Å². The number of nitrogens with two attached hydrogens (primary N) is 1. The van der Waals surface area contributed by atoms with Crippen molar-refractivity contribution in [2.75, 3.05) is 20.2 Å². The summed E-state index contributed by atoms with van der Waals surface area (Å²) in [4.78, 5) is 11.3. The maximum Gasteiger partial charge on any atom is 0.341 e. The zero-order valence-electron chi connectivity index (χ0n) is 9.71. The molecule has 0 amide bonds. The number of ether oxygens (including phenoxy) is 1. The van der Waals surface area contributed by atoms with Crippen molar-refractivity contribution < 1.29 is 13.9 Å². The molecule has 0 bridgehead atoms. The molecule has 1 rings (SSSR count). The van der Waals surface area contributed by atoms with Crippen LogP contribution in [0.15, 0.2) is 10.5 Å². The van der Waals surface area contributed by atoms with Crippen molar-refractivity contribution in [3.8, 4) is 0 Å².